The summed E-state index contributed by atoms with van der Waals surface area (Å²) in [6.07, 6.45) is 1.84. The zero-order valence-electron chi connectivity index (χ0n) is 17.6. The Morgan fingerprint density at radius 2 is 1.84 bits per heavy atom. The van der Waals surface area contributed by atoms with Gasteiger partial charge < -0.3 is 10.6 Å². The van der Waals surface area contributed by atoms with Gasteiger partial charge in [-0.05, 0) is 48.2 Å². The highest BCUT2D eigenvalue weighted by atomic mass is 32.1. The Hall–Kier alpha value is -3.57. The number of hydrogen-bond donors (Lipinski definition) is 2. The summed E-state index contributed by atoms with van der Waals surface area (Å²) in [7, 11) is 0. The van der Waals surface area contributed by atoms with Gasteiger partial charge in [0.2, 0.25) is 11.8 Å². The van der Waals surface area contributed by atoms with Crippen molar-refractivity contribution in [3.05, 3.63) is 47.5 Å². The number of nitrogens with one attached hydrogen (secondary N) is 2. The molecule has 0 atom stereocenters. The van der Waals surface area contributed by atoms with Crippen molar-refractivity contribution in [3.63, 3.8) is 0 Å². The molecular weight excluding hydrogens is 424 g/mol. The molecule has 1 aliphatic rings. The molecule has 7 nitrogen and oxygen atoms in total. The third kappa shape index (κ3) is 5.18. The number of thiazole rings is 1. The quantitative estimate of drug-likeness (QED) is 0.546. The van der Waals surface area contributed by atoms with Crippen LogP contribution in [0, 0.1) is 16.7 Å². The Morgan fingerprint density at radius 3 is 2.50 bits per heavy atom. The first-order valence-electron chi connectivity index (χ1n) is 10.3. The molecule has 2 N–H and O–H groups in total. The molecule has 3 aromatic rings. The number of fused-ring (bicyclic) bond motifs is 1. The molecule has 4 rings (SSSR count). The molecule has 0 aliphatic heterocycles. The lowest BCUT2D eigenvalue weighted by molar-refractivity contribution is -0.125. The summed E-state index contributed by atoms with van der Waals surface area (Å²) in [6.45, 7) is 1.42. The summed E-state index contributed by atoms with van der Waals surface area (Å²) in [5.74, 6) is -0.486. The molecule has 8 heteroatoms. The molecule has 1 aliphatic carbocycles. The van der Waals surface area contributed by atoms with E-state index in [0.29, 0.717) is 5.01 Å². The number of benzene rings is 2. The fourth-order valence-electron chi connectivity index (χ4n) is 3.50. The van der Waals surface area contributed by atoms with Crippen LogP contribution in [0.1, 0.15) is 31.2 Å². The molecule has 32 heavy (non-hydrogen) atoms. The number of ketones is 1. The summed E-state index contributed by atoms with van der Waals surface area (Å²) < 4.78 is 0.979. The van der Waals surface area contributed by atoms with Gasteiger partial charge in [-0.3, -0.25) is 14.4 Å². The lowest BCUT2D eigenvalue weighted by Crippen LogP contribution is -2.31. The smallest absolute Gasteiger partial charge is 0.227 e. The third-order valence-corrected chi connectivity index (χ3v) is 6.43. The number of nitriles is 1. The second-order valence-electron chi connectivity index (χ2n) is 8.11. The predicted molar refractivity (Wildman–Crippen MR) is 123 cm³/mol. The summed E-state index contributed by atoms with van der Waals surface area (Å²) in [5.41, 5.74) is 3.05. The molecule has 0 unspecified atom stereocenters. The van der Waals surface area contributed by atoms with Gasteiger partial charge in [0.1, 0.15) is 5.01 Å². The van der Waals surface area contributed by atoms with Crippen molar-refractivity contribution in [2.45, 2.75) is 32.6 Å². The molecule has 0 spiro atoms. The molecule has 0 radical (unpaired) electrons. The van der Waals surface area contributed by atoms with Crippen LogP contribution in [0.3, 0.4) is 0 Å². The van der Waals surface area contributed by atoms with Crippen LogP contribution in [0.2, 0.25) is 0 Å². The van der Waals surface area contributed by atoms with Gasteiger partial charge >= 0.3 is 0 Å². The van der Waals surface area contributed by atoms with Crippen molar-refractivity contribution in [2.75, 3.05) is 11.9 Å². The minimum absolute atomic E-state index is 0.0498. The Morgan fingerprint density at radius 1 is 1.12 bits per heavy atom. The van der Waals surface area contributed by atoms with E-state index < -0.39 is 5.41 Å². The van der Waals surface area contributed by atoms with E-state index in [1.165, 1.54) is 18.3 Å². The highest BCUT2D eigenvalue weighted by molar-refractivity contribution is 7.18. The summed E-state index contributed by atoms with van der Waals surface area (Å²) in [5, 5.41) is 15.1. The zero-order valence-corrected chi connectivity index (χ0v) is 18.4. The van der Waals surface area contributed by atoms with E-state index in [-0.39, 0.29) is 37.0 Å². The van der Waals surface area contributed by atoms with E-state index in [4.69, 9.17) is 5.26 Å². The van der Waals surface area contributed by atoms with E-state index in [0.717, 1.165) is 39.9 Å². The summed E-state index contributed by atoms with van der Waals surface area (Å²) in [4.78, 5) is 40.0. The number of nitrogens with zero attached hydrogens (tertiary/aromatic N) is 2. The Labute approximate surface area is 189 Å². The fraction of sp³-hybridized carbons (Fsp3) is 0.292. The predicted octanol–water partition coefficient (Wildman–Crippen LogP) is 3.84. The van der Waals surface area contributed by atoms with Gasteiger partial charge in [0, 0.05) is 19.0 Å². The van der Waals surface area contributed by atoms with Gasteiger partial charge in [0.15, 0.2) is 5.78 Å². The van der Waals surface area contributed by atoms with Crippen molar-refractivity contribution < 1.29 is 14.4 Å². The maximum atomic E-state index is 12.2. The molecule has 1 fully saturated rings. The lowest BCUT2D eigenvalue weighted by atomic mass is 10.0. The van der Waals surface area contributed by atoms with Crippen LogP contribution in [-0.4, -0.2) is 29.1 Å². The number of hydrogen-bond acceptors (Lipinski definition) is 6. The van der Waals surface area contributed by atoms with Gasteiger partial charge in [-0.2, -0.15) is 5.26 Å². The lowest BCUT2D eigenvalue weighted by Gasteiger charge is -2.06. The third-order valence-electron chi connectivity index (χ3n) is 5.39. The minimum Gasteiger partial charge on any atom is -0.349 e. The summed E-state index contributed by atoms with van der Waals surface area (Å²) in [6, 6.07) is 15.7. The van der Waals surface area contributed by atoms with Crippen molar-refractivity contribution in [2.24, 2.45) is 5.41 Å². The highest BCUT2D eigenvalue weighted by Crippen LogP contribution is 2.48. The Kier molecular flexibility index (Phi) is 6.01. The average Bonchev–Trinajstić information content (AvgIpc) is 3.42. The van der Waals surface area contributed by atoms with E-state index in [1.807, 2.05) is 42.5 Å². The van der Waals surface area contributed by atoms with Gasteiger partial charge in [-0.1, -0.05) is 18.2 Å². The second-order valence-corrected chi connectivity index (χ2v) is 9.22. The molecule has 2 aromatic carbocycles. The van der Waals surface area contributed by atoms with E-state index in [9.17, 15) is 14.4 Å². The van der Waals surface area contributed by atoms with Crippen LogP contribution in [0.15, 0.2) is 42.5 Å². The first-order valence-corrected chi connectivity index (χ1v) is 11.1. The van der Waals surface area contributed by atoms with E-state index >= 15 is 0 Å². The first kappa shape index (κ1) is 21.7. The molecule has 1 saturated carbocycles. The molecule has 1 heterocycles. The largest absolute Gasteiger partial charge is 0.349 e. The van der Waals surface area contributed by atoms with Crippen LogP contribution < -0.4 is 10.6 Å². The topological polar surface area (TPSA) is 112 Å². The molecule has 0 bridgehead atoms. The first-order chi connectivity index (χ1) is 15.4. The molecule has 1 aromatic heterocycles. The number of carbonyl (C=O) groups excluding carboxylic acids is 3. The van der Waals surface area contributed by atoms with Crippen LogP contribution in [0.4, 0.5) is 5.69 Å². The molecule has 0 saturated heterocycles. The molecule has 162 valence electrons. The second kappa shape index (κ2) is 8.89. The van der Waals surface area contributed by atoms with E-state index in [1.54, 1.807) is 0 Å². The number of carbonyl (C=O) groups is 3. The standard InChI is InChI=1S/C24H22N4O3S/c1-15(29)27-18-5-2-16(3-6-18)17-4-7-21-20(10-17)28-23(32-21)11-22(31)26-13-19(30)12-24(14-25)8-9-24/h2-7,10H,8-9,11-13H2,1H3,(H,26,31)(H,27,29). The monoisotopic (exact) mass is 446 g/mol. The van der Waals surface area contributed by atoms with Crippen molar-refractivity contribution >= 4 is 44.8 Å². The normalized spacial score (nSPS) is 13.9. The van der Waals surface area contributed by atoms with Gasteiger partial charge in [-0.25, -0.2) is 4.98 Å². The van der Waals surface area contributed by atoms with Crippen molar-refractivity contribution in [3.8, 4) is 17.2 Å². The number of anilines is 1. The SMILES string of the molecule is CC(=O)Nc1ccc(-c2ccc3sc(CC(=O)NCC(=O)CC4(C#N)CC4)nc3c2)cc1. The van der Waals surface area contributed by atoms with Crippen molar-refractivity contribution in [1.29, 1.82) is 5.26 Å². The Balaban J connectivity index is 1.37. The molecule has 2 amide bonds. The van der Waals surface area contributed by atoms with Crippen LogP contribution >= 0.6 is 11.3 Å². The van der Waals surface area contributed by atoms with Gasteiger partial charge in [0.05, 0.1) is 34.7 Å². The Bertz CT molecular complexity index is 1240. The van der Waals surface area contributed by atoms with Crippen molar-refractivity contribution in [1.82, 2.24) is 10.3 Å². The number of aromatic nitrogens is 1. The maximum Gasteiger partial charge on any atom is 0.227 e. The number of amides is 2. The van der Waals surface area contributed by atoms with Crippen LogP contribution in [0.5, 0.6) is 0 Å². The van der Waals surface area contributed by atoms with Gasteiger partial charge in [0.25, 0.3) is 0 Å². The van der Waals surface area contributed by atoms with Crippen LogP contribution in [0.25, 0.3) is 21.3 Å². The number of Topliss-reactive ketones (excluding diaryl/α,β-unsaturated/α-hetero) is 1. The average molecular weight is 447 g/mol. The highest BCUT2D eigenvalue weighted by Gasteiger charge is 2.44. The van der Waals surface area contributed by atoms with Gasteiger partial charge in [-0.15, -0.1) is 11.3 Å². The molecular formula is C24H22N4O3S. The maximum absolute atomic E-state index is 12.2. The fourth-order valence-corrected chi connectivity index (χ4v) is 4.44. The van der Waals surface area contributed by atoms with E-state index in [2.05, 4.69) is 21.7 Å². The summed E-state index contributed by atoms with van der Waals surface area (Å²) >= 11 is 1.45. The number of rotatable bonds is 8. The zero-order chi connectivity index (χ0) is 22.7. The van der Waals surface area contributed by atoms with Crippen LogP contribution in [-0.2, 0) is 20.8 Å². The minimum atomic E-state index is -0.489.